The average Bonchev–Trinajstić information content (AvgIpc) is 4.42. The number of aromatic nitrogens is 1. The molecule has 3 aliphatic rings. The minimum Gasteiger partial charge on any atom is -0.455 e. The molecule has 0 N–H and O–H groups in total. The van der Waals surface area contributed by atoms with Crippen molar-refractivity contribution in [2.24, 2.45) is 0 Å². The maximum absolute atomic E-state index is 7.07. The van der Waals surface area contributed by atoms with Crippen LogP contribution < -0.4 is 4.90 Å². The van der Waals surface area contributed by atoms with Gasteiger partial charge in [0.15, 0.2) is 0 Å². The van der Waals surface area contributed by atoms with Gasteiger partial charge in [-0.1, -0.05) is 206 Å². The van der Waals surface area contributed by atoms with Crippen LogP contribution in [0.2, 0.25) is 0 Å². The second-order valence-electron chi connectivity index (χ2n) is 20.6. The van der Waals surface area contributed by atoms with Crippen molar-refractivity contribution in [2.45, 2.75) is 18.3 Å². The van der Waals surface area contributed by atoms with Crippen LogP contribution in [0.25, 0.3) is 99.5 Å². The number of allylic oxidation sites excluding steroid dienone is 4. The van der Waals surface area contributed by atoms with E-state index in [-0.39, 0.29) is 0 Å². The number of anilines is 2. The monoisotopic (exact) mass is 968 g/mol. The van der Waals surface area contributed by atoms with Crippen molar-refractivity contribution < 1.29 is 4.42 Å². The van der Waals surface area contributed by atoms with Crippen LogP contribution in [-0.2, 0) is 5.41 Å². The highest BCUT2D eigenvalue weighted by Gasteiger charge is 2.51. The van der Waals surface area contributed by atoms with Gasteiger partial charge in [0.1, 0.15) is 11.2 Å². The van der Waals surface area contributed by atoms with E-state index in [2.05, 4.69) is 276 Å². The molecule has 11 aromatic carbocycles. The Balaban J connectivity index is 0.886. The van der Waals surface area contributed by atoms with Crippen LogP contribution in [0.4, 0.5) is 11.4 Å². The average molecular weight is 969 g/mol. The number of fused-ring (bicyclic) bond motifs is 17. The number of nitrogens with zero attached hydrogens (tertiary/aromatic N) is 2. The van der Waals surface area contributed by atoms with E-state index in [4.69, 9.17) is 4.42 Å². The van der Waals surface area contributed by atoms with Crippen molar-refractivity contribution in [2.75, 3.05) is 4.90 Å². The first-order valence-electron chi connectivity index (χ1n) is 26.5. The van der Waals surface area contributed by atoms with Gasteiger partial charge in [0, 0.05) is 44.5 Å². The number of para-hydroxylation sites is 2. The standard InChI is InChI=1S/C73H48N2O/c1-3-18-47(19-4-1)49-34-38-52(39-35-49)74(55-42-43-59-58-26-9-14-31-66(58)73(67(59)45-55)64-29-12-7-24-56(64)57-25-8-13-30-65(57)73)53-40-36-50(37-41-53)62-46-63-60-27-10-15-32-68(60)75(54-23-17-22-51(44-54)48-20-5-2-6-21-48)71(63)70-61-28-11-16-33-69(61)76-72(62)70/h1-36,38-40,42-46H,37,41H2. The van der Waals surface area contributed by atoms with Gasteiger partial charge in [-0.05, 0) is 146 Å². The highest BCUT2D eigenvalue weighted by Crippen LogP contribution is 2.63. The van der Waals surface area contributed by atoms with Crippen LogP contribution in [0.1, 0.15) is 40.7 Å². The summed E-state index contributed by atoms with van der Waals surface area (Å²) in [5.74, 6) is 0. The van der Waals surface area contributed by atoms with Gasteiger partial charge < -0.3 is 13.9 Å². The summed E-state index contributed by atoms with van der Waals surface area (Å²) in [6, 6.07) is 93.8. The fourth-order valence-electron chi connectivity index (χ4n) is 13.5. The normalized spacial score (nSPS) is 13.9. The smallest absolute Gasteiger partial charge is 0.145 e. The SMILES string of the molecule is C1=C(c2cc3c4ccccc4n(-c4cccc(-c5ccccc5)c4)c3c3c2oc2ccccc23)CCC(N(c2ccc(-c3ccccc3)cc2)c2ccc3c(c2)C2(c4ccccc4-c4ccccc42)c2ccccc2-3)=C1. The second-order valence-corrected chi connectivity index (χ2v) is 20.6. The molecule has 0 aliphatic heterocycles. The summed E-state index contributed by atoms with van der Waals surface area (Å²) in [6.45, 7) is 0. The van der Waals surface area contributed by atoms with Crippen molar-refractivity contribution in [3.05, 3.63) is 300 Å². The molecule has 13 aromatic rings. The molecule has 2 aromatic heterocycles. The van der Waals surface area contributed by atoms with Crippen molar-refractivity contribution in [3.63, 3.8) is 0 Å². The van der Waals surface area contributed by atoms with Crippen molar-refractivity contribution >= 4 is 60.7 Å². The summed E-state index contributed by atoms with van der Waals surface area (Å²) in [6.07, 6.45) is 6.41. The lowest BCUT2D eigenvalue weighted by Crippen LogP contribution is -2.26. The molecular weight excluding hydrogens is 921 g/mol. The molecule has 3 heteroatoms. The number of rotatable bonds is 7. The lowest BCUT2D eigenvalue weighted by atomic mass is 9.70. The number of furan rings is 1. The fraction of sp³-hybridized carbons (Fsp3) is 0.0411. The van der Waals surface area contributed by atoms with Crippen molar-refractivity contribution in [1.82, 2.24) is 4.57 Å². The molecule has 76 heavy (non-hydrogen) atoms. The van der Waals surface area contributed by atoms with Gasteiger partial charge in [-0.3, -0.25) is 0 Å². The highest BCUT2D eigenvalue weighted by atomic mass is 16.3. The van der Waals surface area contributed by atoms with Crippen LogP contribution in [0.15, 0.2) is 277 Å². The quantitative estimate of drug-likeness (QED) is 0.159. The molecule has 0 unspecified atom stereocenters. The summed E-state index contributed by atoms with van der Waals surface area (Å²) in [4.78, 5) is 2.52. The molecule has 0 amide bonds. The second kappa shape index (κ2) is 16.7. The molecule has 16 rings (SSSR count). The molecule has 1 spiro atoms. The van der Waals surface area contributed by atoms with E-state index >= 15 is 0 Å². The van der Waals surface area contributed by atoms with E-state index in [9.17, 15) is 0 Å². The van der Waals surface area contributed by atoms with Crippen molar-refractivity contribution in [1.29, 1.82) is 0 Å². The minimum absolute atomic E-state index is 0.448. The Morgan fingerprint density at radius 2 is 0.947 bits per heavy atom. The Morgan fingerprint density at radius 1 is 0.382 bits per heavy atom. The molecule has 0 radical (unpaired) electrons. The predicted molar refractivity (Wildman–Crippen MR) is 316 cm³/mol. The van der Waals surface area contributed by atoms with E-state index < -0.39 is 5.41 Å². The summed E-state index contributed by atoms with van der Waals surface area (Å²) in [7, 11) is 0. The molecule has 0 saturated heterocycles. The van der Waals surface area contributed by atoms with E-state index in [0.29, 0.717) is 0 Å². The lowest BCUT2D eigenvalue weighted by molar-refractivity contribution is 0.667. The zero-order valence-corrected chi connectivity index (χ0v) is 41.6. The largest absolute Gasteiger partial charge is 0.455 e. The predicted octanol–water partition coefficient (Wildman–Crippen LogP) is 19.3. The Hall–Kier alpha value is -9.70. The third kappa shape index (κ3) is 6.17. The molecular formula is C73H48N2O. The molecule has 3 aliphatic carbocycles. The molecule has 356 valence electrons. The number of hydrogen-bond donors (Lipinski definition) is 0. The van der Waals surface area contributed by atoms with E-state index in [1.807, 2.05) is 0 Å². The van der Waals surface area contributed by atoms with Gasteiger partial charge in [-0.25, -0.2) is 0 Å². The van der Waals surface area contributed by atoms with E-state index in [1.54, 1.807) is 0 Å². The highest BCUT2D eigenvalue weighted by molar-refractivity contribution is 6.26. The van der Waals surface area contributed by atoms with Crippen LogP contribution in [-0.4, -0.2) is 4.57 Å². The third-order valence-electron chi connectivity index (χ3n) is 16.7. The first-order chi connectivity index (χ1) is 37.7. The van der Waals surface area contributed by atoms with Gasteiger partial charge in [0.05, 0.1) is 21.8 Å². The van der Waals surface area contributed by atoms with Crippen molar-refractivity contribution in [3.8, 4) is 50.2 Å². The first kappa shape index (κ1) is 42.8. The third-order valence-corrected chi connectivity index (χ3v) is 16.7. The Morgan fingerprint density at radius 3 is 1.63 bits per heavy atom. The zero-order valence-electron chi connectivity index (χ0n) is 41.6. The van der Waals surface area contributed by atoms with E-state index in [0.717, 1.165) is 62.9 Å². The van der Waals surface area contributed by atoms with Gasteiger partial charge in [-0.15, -0.1) is 0 Å². The number of hydrogen-bond acceptors (Lipinski definition) is 2. The van der Waals surface area contributed by atoms with Gasteiger partial charge in [0.2, 0.25) is 0 Å². The zero-order chi connectivity index (χ0) is 49.9. The summed E-state index contributed by atoms with van der Waals surface area (Å²) in [5, 5.41) is 4.70. The minimum atomic E-state index is -0.448. The summed E-state index contributed by atoms with van der Waals surface area (Å²) in [5.41, 5.74) is 26.1. The molecule has 2 heterocycles. The van der Waals surface area contributed by atoms with Crippen LogP contribution in [0, 0.1) is 0 Å². The molecule has 0 fully saturated rings. The Labute approximate surface area is 441 Å². The van der Waals surface area contributed by atoms with Crippen LogP contribution in [0.3, 0.4) is 0 Å². The topological polar surface area (TPSA) is 21.3 Å². The fourth-order valence-corrected chi connectivity index (χ4v) is 13.5. The van der Waals surface area contributed by atoms with Gasteiger partial charge >= 0.3 is 0 Å². The molecule has 3 nitrogen and oxygen atoms in total. The Bertz CT molecular complexity index is 4510. The lowest BCUT2D eigenvalue weighted by Gasteiger charge is -2.33. The molecule has 0 bridgehead atoms. The van der Waals surface area contributed by atoms with Crippen LogP contribution in [0.5, 0.6) is 0 Å². The maximum atomic E-state index is 7.07. The van der Waals surface area contributed by atoms with Crippen LogP contribution >= 0.6 is 0 Å². The van der Waals surface area contributed by atoms with Gasteiger partial charge in [-0.2, -0.15) is 0 Å². The Kier molecular flexibility index (Phi) is 9.38. The van der Waals surface area contributed by atoms with Gasteiger partial charge in [0.25, 0.3) is 0 Å². The maximum Gasteiger partial charge on any atom is 0.145 e. The van der Waals surface area contributed by atoms with E-state index in [1.165, 1.54) is 94.3 Å². The summed E-state index contributed by atoms with van der Waals surface area (Å²) >= 11 is 0. The molecule has 0 atom stereocenters. The number of benzene rings is 11. The summed E-state index contributed by atoms with van der Waals surface area (Å²) < 4.78 is 9.53. The molecule has 0 saturated carbocycles. The first-order valence-corrected chi connectivity index (χ1v) is 26.5.